The summed E-state index contributed by atoms with van der Waals surface area (Å²) in [5, 5.41) is 3.19. The number of anilines is 1. The summed E-state index contributed by atoms with van der Waals surface area (Å²) in [5.41, 5.74) is 1.01. The molecule has 114 valence electrons. The van der Waals surface area contributed by atoms with Crippen LogP contribution in [0.25, 0.3) is 0 Å². The van der Waals surface area contributed by atoms with Gasteiger partial charge >= 0.3 is 0 Å². The van der Waals surface area contributed by atoms with Crippen LogP contribution in [0.3, 0.4) is 0 Å². The van der Waals surface area contributed by atoms with Crippen LogP contribution in [0.5, 0.6) is 11.5 Å². The van der Waals surface area contributed by atoms with Gasteiger partial charge < -0.3 is 14.8 Å². The first-order valence-corrected chi connectivity index (χ1v) is 6.81. The Bertz CT molecular complexity index is 688. The molecular weight excluding hydrogens is 306 g/mol. The summed E-state index contributed by atoms with van der Waals surface area (Å²) < 4.78 is 10.5. The van der Waals surface area contributed by atoms with Crippen LogP contribution in [0.15, 0.2) is 42.5 Å². The first kappa shape index (κ1) is 15.9. The van der Waals surface area contributed by atoms with Crippen LogP contribution in [0.4, 0.5) is 5.69 Å². The van der Waals surface area contributed by atoms with Crippen LogP contribution in [-0.4, -0.2) is 25.9 Å². The number of halogens is 1. The van der Waals surface area contributed by atoms with Crippen molar-refractivity contribution in [2.24, 2.45) is 0 Å². The number of carbonyl (C=O) groups excluding carboxylic acids is 2. The smallest absolute Gasteiger partial charge is 0.262 e. The molecule has 0 atom stereocenters. The van der Waals surface area contributed by atoms with E-state index >= 15 is 0 Å². The lowest BCUT2D eigenvalue weighted by Gasteiger charge is -2.11. The van der Waals surface area contributed by atoms with Gasteiger partial charge in [0.05, 0.1) is 7.11 Å². The highest BCUT2D eigenvalue weighted by molar-refractivity contribution is 6.30. The molecule has 0 saturated heterocycles. The molecule has 2 rings (SSSR count). The lowest BCUT2D eigenvalue weighted by molar-refractivity contribution is -0.118. The molecule has 0 aliphatic rings. The van der Waals surface area contributed by atoms with Crippen LogP contribution in [-0.2, 0) is 4.79 Å². The maximum atomic E-state index is 11.9. The maximum absolute atomic E-state index is 11.9. The number of ether oxygens (including phenoxy) is 2. The minimum atomic E-state index is -0.346. The van der Waals surface area contributed by atoms with Crippen molar-refractivity contribution in [2.45, 2.75) is 0 Å². The van der Waals surface area contributed by atoms with Gasteiger partial charge in [0.2, 0.25) is 0 Å². The van der Waals surface area contributed by atoms with Crippen molar-refractivity contribution < 1.29 is 19.1 Å². The van der Waals surface area contributed by atoms with Gasteiger partial charge in [-0.3, -0.25) is 9.59 Å². The van der Waals surface area contributed by atoms with Crippen molar-refractivity contribution >= 4 is 29.5 Å². The number of hydrogen-bond acceptors (Lipinski definition) is 4. The van der Waals surface area contributed by atoms with E-state index in [0.29, 0.717) is 34.1 Å². The molecular formula is C16H14ClNO4. The molecule has 0 unspecified atom stereocenters. The summed E-state index contributed by atoms with van der Waals surface area (Å²) in [6.07, 6.45) is 0.693. The van der Waals surface area contributed by atoms with Gasteiger partial charge in [-0.15, -0.1) is 0 Å². The van der Waals surface area contributed by atoms with E-state index in [1.54, 1.807) is 36.4 Å². The van der Waals surface area contributed by atoms with Crippen molar-refractivity contribution in [3.63, 3.8) is 0 Å². The van der Waals surface area contributed by atoms with Crippen LogP contribution in [0.1, 0.15) is 10.4 Å². The molecule has 2 aromatic carbocycles. The highest BCUT2D eigenvalue weighted by Gasteiger charge is 2.09. The second-order valence-corrected chi connectivity index (χ2v) is 4.81. The van der Waals surface area contributed by atoms with Gasteiger partial charge in [-0.2, -0.15) is 0 Å². The van der Waals surface area contributed by atoms with E-state index in [1.807, 2.05) is 0 Å². The van der Waals surface area contributed by atoms with Gasteiger partial charge in [0.1, 0.15) is 6.29 Å². The summed E-state index contributed by atoms with van der Waals surface area (Å²) >= 11 is 5.84. The lowest BCUT2D eigenvalue weighted by Crippen LogP contribution is -2.20. The number of methoxy groups -OCH3 is 1. The summed E-state index contributed by atoms with van der Waals surface area (Å²) in [4.78, 5) is 22.6. The third-order valence-electron chi connectivity index (χ3n) is 2.79. The fourth-order valence-corrected chi connectivity index (χ4v) is 1.98. The number of aldehydes is 1. The number of benzene rings is 2. The Morgan fingerprint density at radius 1 is 1.23 bits per heavy atom. The second kappa shape index (κ2) is 7.47. The van der Waals surface area contributed by atoms with E-state index in [0.717, 1.165) is 0 Å². The number of carbonyl (C=O) groups is 2. The molecule has 0 aliphatic heterocycles. The fourth-order valence-electron chi connectivity index (χ4n) is 1.79. The monoisotopic (exact) mass is 319 g/mol. The maximum Gasteiger partial charge on any atom is 0.262 e. The molecule has 0 bridgehead atoms. The van der Waals surface area contributed by atoms with E-state index in [-0.39, 0.29) is 12.5 Å². The molecule has 0 spiro atoms. The Balaban J connectivity index is 2.00. The minimum Gasteiger partial charge on any atom is -0.493 e. The van der Waals surface area contributed by atoms with Gasteiger partial charge in [0, 0.05) is 16.3 Å². The van der Waals surface area contributed by atoms with Gasteiger partial charge in [0.15, 0.2) is 18.1 Å². The Morgan fingerprint density at radius 3 is 2.73 bits per heavy atom. The third-order valence-corrected chi connectivity index (χ3v) is 3.03. The van der Waals surface area contributed by atoms with E-state index < -0.39 is 0 Å². The average Bonchev–Trinajstić information content (AvgIpc) is 2.52. The fraction of sp³-hybridized carbons (Fsp3) is 0.125. The zero-order valence-electron chi connectivity index (χ0n) is 11.8. The SMILES string of the molecule is COc1ccc(C=O)cc1OCC(=O)Nc1cccc(Cl)c1. The average molecular weight is 320 g/mol. The molecule has 0 aromatic heterocycles. The van der Waals surface area contributed by atoms with Crippen LogP contribution >= 0.6 is 11.6 Å². The molecule has 0 heterocycles. The zero-order valence-corrected chi connectivity index (χ0v) is 12.6. The largest absolute Gasteiger partial charge is 0.493 e. The first-order valence-electron chi connectivity index (χ1n) is 6.44. The van der Waals surface area contributed by atoms with Crippen LogP contribution in [0, 0.1) is 0 Å². The summed E-state index contributed by atoms with van der Waals surface area (Å²) in [7, 11) is 1.48. The van der Waals surface area contributed by atoms with E-state index in [1.165, 1.54) is 13.2 Å². The third kappa shape index (κ3) is 4.23. The molecule has 0 aliphatic carbocycles. The van der Waals surface area contributed by atoms with Gasteiger partial charge in [-0.05, 0) is 36.4 Å². The number of nitrogens with one attached hydrogen (secondary N) is 1. The Morgan fingerprint density at radius 2 is 2.05 bits per heavy atom. The summed E-state index contributed by atoms with van der Waals surface area (Å²) in [5.74, 6) is 0.426. The van der Waals surface area contributed by atoms with Crippen molar-refractivity contribution in [3.8, 4) is 11.5 Å². The molecule has 1 N–H and O–H groups in total. The topological polar surface area (TPSA) is 64.6 Å². The highest BCUT2D eigenvalue weighted by Crippen LogP contribution is 2.27. The van der Waals surface area contributed by atoms with Crippen molar-refractivity contribution in [3.05, 3.63) is 53.1 Å². The normalized spacial score (nSPS) is 9.91. The van der Waals surface area contributed by atoms with Crippen molar-refractivity contribution in [1.82, 2.24) is 0 Å². The standard InChI is InChI=1S/C16H14ClNO4/c1-21-14-6-5-11(9-19)7-15(14)22-10-16(20)18-13-4-2-3-12(17)8-13/h2-9H,10H2,1H3,(H,18,20). The van der Waals surface area contributed by atoms with Crippen molar-refractivity contribution in [1.29, 1.82) is 0 Å². The van der Waals surface area contributed by atoms with Gasteiger partial charge in [0.25, 0.3) is 5.91 Å². The predicted octanol–water partition coefficient (Wildman–Crippen LogP) is 3.18. The van der Waals surface area contributed by atoms with Crippen LogP contribution in [0.2, 0.25) is 5.02 Å². The van der Waals surface area contributed by atoms with E-state index in [4.69, 9.17) is 21.1 Å². The molecule has 2 aromatic rings. The van der Waals surface area contributed by atoms with E-state index in [2.05, 4.69) is 5.32 Å². The minimum absolute atomic E-state index is 0.217. The van der Waals surface area contributed by atoms with Crippen LogP contribution < -0.4 is 14.8 Å². The Hall–Kier alpha value is -2.53. The molecule has 22 heavy (non-hydrogen) atoms. The lowest BCUT2D eigenvalue weighted by atomic mass is 10.2. The molecule has 1 amide bonds. The van der Waals surface area contributed by atoms with Gasteiger partial charge in [-0.1, -0.05) is 17.7 Å². The Labute approximate surface area is 132 Å². The first-order chi connectivity index (χ1) is 10.6. The molecule has 0 saturated carbocycles. The molecule has 0 fully saturated rings. The summed E-state index contributed by atoms with van der Waals surface area (Å²) in [6.45, 7) is -0.217. The number of amides is 1. The zero-order chi connectivity index (χ0) is 15.9. The van der Waals surface area contributed by atoms with E-state index in [9.17, 15) is 9.59 Å². The van der Waals surface area contributed by atoms with Crippen molar-refractivity contribution in [2.75, 3.05) is 19.0 Å². The predicted molar refractivity (Wildman–Crippen MR) is 84.0 cm³/mol. The highest BCUT2D eigenvalue weighted by atomic mass is 35.5. The molecule has 5 nitrogen and oxygen atoms in total. The number of rotatable bonds is 6. The van der Waals surface area contributed by atoms with Gasteiger partial charge in [-0.25, -0.2) is 0 Å². The number of hydrogen-bond donors (Lipinski definition) is 1. The second-order valence-electron chi connectivity index (χ2n) is 4.38. The molecule has 6 heteroatoms. The summed E-state index contributed by atoms with van der Waals surface area (Å²) in [6, 6.07) is 11.5. The quantitative estimate of drug-likeness (QED) is 0.831. The Kier molecular flexibility index (Phi) is 5.38. The molecule has 0 radical (unpaired) electrons.